The second-order valence-corrected chi connectivity index (χ2v) is 7.99. The molecule has 0 aliphatic rings. The van der Waals surface area contributed by atoms with Gasteiger partial charge in [-0.05, 0) is 35.9 Å². The predicted molar refractivity (Wildman–Crippen MR) is 95.9 cm³/mol. The van der Waals surface area contributed by atoms with Gasteiger partial charge >= 0.3 is 0 Å². The third-order valence-corrected chi connectivity index (χ3v) is 5.98. The number of halogens is 1. The summed E-state index contributed by atoms with van der Waals surface area (Å²) in [5, 5.41) is 2.28. The second-order valence-electron chi connectivity index (χ2n) is 5.59. The van der Waals surface area contributed by atoms with Crippen molar-refractivity contribution in [1.29, 1.82) is 0 Å². The van der Waals surface area contributed by atoms with Gasteiger partial charge in [-0.1, -0.05) is 35.9 Å². The van der Waals surface area contributed by atoms with Crippen molar-refractivity contribution in [2.45, 2.75) is 10.6 Å². The molecule has 0 aliphatic heterocycles. The van der Waals surface area contributed by atoms with E-state index in [2.05, 4.69) is 9.97 Å². The number of aromatic nitrogens is 2. The van der Waals surface area contributed by atoms with Crippen LogP contribution in [0.3, 0.4) is 0 Å². The molecule has 2 aromatic heterocycles. The number of H-pyrrole nitrogens is 1. The molecule has 0 bridgehead atoms. The van der Waals surface area contributed by atoms with E-state index >= 15 is 0 Å². The summed E-state index contributed by atoms with van der Waals surface area (Å²) < 4.78 is 25.1. The normalized spacial score (nSPS) is 12.0. The summed E-state index contributed by atoms with van der Waals surface area (Å²) in [6, 6.07) is 15.7. The van der Waals surface area contributed by atoms with Gasteiger partial charge in [-0.3, -0.25) is 0 Å². The fourth-order valence-electron chi connectivity index (χ4n) is 2.84. The maximum atomic E-state index is 12.6. The summed E-state index contributed by atoms with van der Waals surface area (Å²) >= 11 is 6.28. The fraction of sp³-hybridized carbons (Fsp3) is 0.0556. The van der Waals surface area contributed by atoms with Crippen LogP contribution in [0, 0.1) is 0 Å². The van der Waals surface area contributed by atoms with E-state index in [0.717, 1.165) is 16.3 Å². The van der Waals surface area contributed by atoms with Crippen LogP contribution in [0.4, 0.5) is 0 Å². The van der Waals surface area contributed by atoms with E-state index in [9.17, 15) is 8.42 Å². The first-order chi connectivity index (χ1) is 11.5. The Kier molecular flexibility index (Phi) is 3.55. The monoisotopic (exact) mass is 356 g/mol. The quantitative estimate of drug-likeness (QED) is 0.593. The van der Waals surface area contributed by atoms with Crippen LogP contribution in [0.1, 0.15) is 5.56 Å². The average molecular weight is 357 g/mol. The molecule has 2 aromatic carbocycles. The van der Waals surface area contributed by atoms with Gasteiger partial charge in [-0.2, -0.15) is 0 Å². The molecule has 120 valence electrons. The van der Waals surface area contributed by atoms with E-state index in [1.807, 2.05) is 18.2 Å². The number of nitrogens with one attached hydrogen (secondary N) is 1. The Balaban J connectivity index is 1.82. The molecule has 4 nitrogen and oxygen atoms in total. The van der Waals surface area contributed by atoms with Crippen LogP contribution in [0.25, 0.3) is 21.9 Å². The summed E-state index contributed by atoms with van der Waals surface area (Å²) in [6.07, 6.45) is 1.64. The van der Waals surface area contributed by atoms with E-state index < -0.39 is 9.84 Å². The maximum Gasteiger partial charge on any atom is 0.182 e. The number of hydrogen-bond acceptors (Lipinski definition) is 3. The van der Waals surface area contributed by atoms with Gasteiger partial charge in [0.15, 0.2) is 9.84 Å². The molecule has 0 amide bonds. The lowest BCUT2D eigenvalue weighted by Gasteiger charge is -2.05. The van der Waals surface area contributed by atoms with Crippen molar-refractivity contribution in [3.8, 4) is 0 Å². The Morgan fingerprint density at radius 1 is 1.04 bits per heavy atom. The van der Waals surface area contributed by atoms with Crippen LogP contribution in [-0.2, 0) is 15.6 Å². The van der Waals surface area contributed by atoms with Crippen LogP contribution in [0.2, 0.25) is 5.02 Å². The van der Waals surface area contributed by atoms with Crippen molar-refractivity contribution in [1.82, 2.24) is 9.97 Å². The van der Waals surface area contributed by atoms with Gasteiger partial charge in [-0.25, -0.2) is 13.4 Å². The van der Waals surface area contributed by atoms with Crippen molar-refractivity contribution in [2.24, 2.45) is 0 Å². The molecule has 0 radical (unpaired) electrons. The fourth-order valence-corrected chi connectivity index (χ4v) is 4.45. The van der Waals surface area contributed by atoms with Crippen molar-refractivity contribution >= 4 is 43.4 Å². The van der Waals surface area contributed by atoms with Crippen LogP contribution in [0.15, 0.2) is 65.7 Å². The number of aromatic amines is 1. The van der Waals surface area contributed by atoms with Crippen molar-refractivity contribution < 1.29 is 8.42 Å². The van der Waals surface area contributed by atoms with Gasteiger partial charge in [0.05, 0.1) is 15.7 Å². The number of sulfone groups is 1. The highest BCUT2D eigenvalue weighted by Gasteiger charge is 2.16. The zero-order chi connectivity index (χ0) is 16.7. The standard InChI is InChI=1S/C18H13ClN2O2S/c19-15-8-9-20-18-17(15)14-10-12(6-7-16(14)21-18)11-24(22,23)13-4-2-1-3-5-13/h1-10H,11H2,(H,20,21). The maximum absolute atomic E-state index is 12.6. The molecule has 2 heterocycles. The first-order valence-corrected chi connectivity index (χ1v) is 9.40. The van der Waals surface area contributed by atoms with Gasteiger partial charge in [0.25, 0.3) is 0 Å². The number of benzene rings is 2. The molecule has 0 unspecified atom stereocenters. The minimum Gasteiger partial charge on any atom is -0.339 e. The third kappa shape index (κ3) is 2.56. The van der Waals surface area contributed by atoms with Crippen molar-refractivity contribution in [3.63, 3.8) is 0 Å². The molecule has 0 saturated carbocycles. The van der Waals surface area contributed by atoms with E-state index in [1.54, 1.807) is 42.6 Å². The van der Waals surface area contributed by atoms with Crippen molar-refractivity contribution in [3.05, 3.63) is 71.4 Å². The Labute approximate surface area is 144 Å². The van der Waals surface area contributed by atoms with Crippen LogP contribution in [0.5, 0.6) is 0 Å². The SMILES string of the molecule is O=S(=O)(Cc1ccc2[nH]c3nccc(Cl)c3c2c1)c1ccccc1. The number of fused-ring (bicyclic) bond motifs is 3. The van der Waals surface area contributed by atoms with Crippen LogP contribution in [-0.4, -0.2) is 18.4 Å². The third-order valence-electron chi connectivity index (χ3n) is 3.97. The Morgan fingerprint density at radius 2 is 1.83 bits per heavy atom. The molecule has 4 rings (SSSR count). The molecule has 24 heavy (non-hydrogen) atoms. The van der Waals surface area contributed by atoms with Gasteiger partial charge in [-0.15, -0.1) is 0 Å². The molecule has 0 saturated heterocycles. The molecule has 0 aliphatic carbocycles. The zero-order valence-electron chi connectivity index (χ0n) is 12.5. The predicted octanol–water partition coefficient (Wildman–Crippen LogP) is 4.34. The topological polar surface area (TPSA) is 62.8 Å². The van der Waals surface area contributed by atoms with E-state index in [4.69, 9.17) is 11.6 Å². The second kappa shape index (κ2) is 5.61. The Morgan fingerprint density at radius 3 is 2.62 bits per heavy atom. The highest BCUT2D eigenvalue weighted by molar-refractivity contribution is 7.90. The van der Waals surface area contributed by atoms with Gasteiger partial charge in [0, 0.05) is 22.5 Å². The zero-order valence-corrected chi connectivity index (χ0v) is 14.1. The van der Waals surface area contributed by atoms with Gasteiger partial charge in [0.1, 0.15) is 5.65 Å². The smallest absolute Gasteiger partial charge is 0.182 e. The van der Waals surface area contributed by atoms with E-state index in [-0.39, 0.29) is 5.75 Å². The lowest BCUT2D eigenvalue weighted by atomic mass is 10.1. The number of rotatable bonds is 3. The highest BCUT2D eigenvalue weighted by Crippen LogP contribution is 2.31. The molecule has 6 heteroatoms. The van der Waals surface area contributed by atoms with Gasteiger partial charge < -0.3 is 4.98 Å². The van der Waals surface area contributed by atoms with Crippen molar-refractivity contribution in [2.75, 3.05) is 0 Å². The molecule has 0 fully saturated rings. The first-order valence-electron chi connectivity index (χ1n) is 7.37. The number of pyridine rings is 1. The average Bonchev–Trinajstić information content (AvgIpc) is 2.94. The lowest BCUT2D eigenvalue weighted by Crippen LogP contribution is -2.04. The van der Waals surface area contributed by atoms with E-state index in [0.29, 0.717) is 21.1 Å². The summed E-state index contributed by atoms with van der Waals surface area (Å²) in [5.41, 5.74) is 2.29. The van der Waals surface area contributed by atoms with E-state index in [1.165, 1.54) is 0 Å². The summed E-state index contributed by atoms with van der Waals surface area (Å²) in [7, 11) is -3.39. The largest absolute Gasteiger partial charge is 0.339 e. The first kappa shape index (κ1) is 15.2. The number of hydrogen-bond donors (Lipinski definition) is 1. The van der Waals surface area contributed by atoms with Gasteiger partial charge in [0.2, 0.25) is 0 Å². The molecular formula is C18H13ClN2O2S. The lowest BCUT2D eigenvalue weighted by molar-refractivity contribution is 0.595. The Hall–Kier alpha value is -2.37. The number of nitrogens with zero attached hydrogens (tertiary/aromatic N) is 1. The highest BCUT2D eigenvalue weighted by atomic mass is 35.5. The molecule has 0 atom stereocenters. The Bertz CT molecular complexity index is 1150. The summed E-state index contributed by atoms with van der Waals surface area (Å²) in [6.45, 7) is 0. The summed E-state index contributed by atoms with van der Waals surface area (Å²) in [4.78, 5) is 7.79. The minimum absolute atomic E-state index is 0.0580. The molecule has 0 spiro atoms. The van der Waals surface area contributed by atoms with Crippen LogP contribution >= 0.6 is 11.6 Å². The molecular weight excluding hydrogens is 344 g/mol. The summed E-state index contributed by atoms with van der Waals surface area (Å²) in [5.74, 6) is -0.0580. The van der Waals surface area contributed by atoms with Crippen LogP contribution < -0.4 is 0 Å². The minimum atomic E-state index is -3.39. The molecule has 4 aromatic rings. The molecule has 1 N–H and O–H groups in total.